The third-order valence-electron chi connectivity index (χ3n) is 8.75. The molecule has 2 aliphatic carbocycles. The molecular formula is C37H21ClO. The minimum Gasteiger partial charge on any atom is -0.456 e. The number of fused-ring (bicyclic) bond motifs is 14. The van der Waals surface area contributed by atoms with Crippen LogP contribution in [0.15, 0.2) is 132 Å². The van der Waals surface area contributed by atoms with E-state index in [-0.39, 0.29) is 0 Å². The van der Waals surface area contributed by atoms with Gasteiger partial charge in [0.25, 0.3) is 0 Å². The molecule has 0 radical (unpaired) electrons. The Balaban J connectivity index is 1.49. The molecule has 2 heteroatoms. The third kappa shape index (κ3) is 2.61. The summed E-state index contributed by atoms with van der Waals surface area (Å²) in [6, 6.07) is 45.7. The molecule has 7 aromatic rings. The van der Waals surface area contributed by atoms with Gasteiger partial charge in [-0.2, -0.15) is 0 Å². The van der Waals surface area contributed by atoms with Gasteiger partial charge in [-0.1, -0.05) is 109 Å². The third-order valence-corrected chi connectivity index (χ3v) is 8.99. The molecule has 1 aromatic heterocycles. The van der Waals surface area contributed by atoms with Gasteiger partial charge in [0.05, 0.1) is 5.41 Å². The summed E-state index contributed by atoms with van der Waals surface area (Å²) in [5.74, 6) is 0. The molecule has 182 valence electrons. The summed E-state index contributed by atoms with van der Waals surface area (Å²) in [6.07, 6.45) is 0. The first-order valence-electron chi connectivity index (χ1n) is 13.3. The first kappa shape index (κ1) is 21.4. The van der Waals surface area contributed by atoms with E-state index in [9.17, 15) is 0 Å². The lowest BCUT2D eigenvalue weighted by molar-refractivity contribution is 0.668. The molecule has 2 aliphatic rings. The highest BCUT2D eigenvalue weighted by molar-refractivity contribution is 6.31. The topological polar surface area (TPSA) is 13.1 Å². The summed E-state index contributed by atoms with van der Waals surface area (Å²) in [4.78, 5) is 0. The fourth-order valence-electron chi connectivity index (χ4n) is 7.27. The molecule has 0 saturated carbocycles. The van der Waals surface area contributed by atoms with E-state index in [1.165, 1.54) is 61.0 Å². The van der Waals surface area contributed by atoms with Crippen LogP contribution in [0.1, 0.15) is 22.3 Å². The molecular weight excluding hydrogens is 496 g/mol. The zero-order valence-corrected chi connectivity index (χ0v) is 21.7. The molecule has 39 heavy (non-hydrogen) atoms. The van der Waals surface area contributed by atoms with Gasteiger partial charge in [0.15, 0.2) is 0 Å². The van der Waals surface area contributed by atoms with Gasteiger partial charge in [0.2, 0.25) is 0 Å². The van der Waals surface area contributed by atoms with Crippen molar-refractivity contribution in [1.29, 1.82) is 0 Å². The molecule has 1 nitrogen and oxygen atoms in total. The van der Waals surface area contributed by atoms with E-state index in [1.807, 2.05) is 12.1 Å². The van der Waals surface area contributed by atoms with Gasteiger partial charge < -0.3 is 4.42 Å². The average Bonchev–Trinajstić information content (AvgIpc) is 3.60. The molecule has 9 rings (SSSR count). The van der Waals surface area contributed by atoms with Gasteiger partial charge in [-0.15, -0.1) is 0 Å². The van der Waals surface area contributed by atoms with Crippen molar-refractivity contribution in [3.8, 4) is 33.4 Å². The van der Waals surface area contributed by atoms with Gasteiger partial charge in [-0.3, -0.25) is 0 Å². The predicted octanol–water partition coefficient (Wildman–Crippen LogP) is 10.2. The highest BCUT2D eigenvalue weighted by Crippen LogP contribution is 2.64. The Morgan fingerprint density at radius 1 is 0.487 bits per heavy atom. The molecule has 0 aliphatic heterocycles. The van der Waals surface area contributed by atoms with Gasteiger partial charge in [0.1, 0.15) is 11.2 Å². The van der Waals surface area contributed by atoms with Crippen molar-refractivity contribution in [2.24, 2.45) is 0 Å². The van der Waals surface area contributed by atoms with E-state index in [0.717, 1.165) is 21.6 Å². The number of hydrogen-bond acceptors (Lipinski definition) is 1. The molecule has 0 bridgehead atoms. The maximum absolute atomic E-state index is 6.78. The van der Waals surface area contributed by atoms with Crippen LogP contribution in [0.4, 0.5) is 0 Å². The summed E-state index contributed by atoms with van der Waals surface area (Å²) in [5.41, 5.74) is 13.9. The summed E-state index contributed by atoms with van der Waals surface area (Å²) in [6.45, 7) is 0. The second-order valence-electron chi connectivity index (χ2n) is 10.6. The number of halogens is 1. The number of benzene rings is 6. The Hall–Kier alpha value is -4.59. The number of hydrogen-bond donors (Lipinski definition) is 0. The normalized spacial score (nSPS) is 16.4. The Bertz CT molecular complexity index is 2140. The fourth-order valence-corrected chi connectivity index (χ4v) is 7.44. The summed E-state index contributed by atoms with van der Waals surface area (Å²) < 4.78 is 6.36. The van der Waals surface area contributed by atoms with Gasteiger partial charge in [-0.05, 0) is 86.0 Å². The van der Waals surface area contributed by atoms with Gasteiger partial charge in [-0.25, -0.2) is 0 Å². The SMILES string of the molecule is Clc1ccc2c(c1)C1(c3ccccc3-c3ccc(-c4ccccc4)cc31)c1ccc3oc4ccccc4c3c1-2. The molecule has 1 heterocycles. The van der Waals surface area contributed by atoms with Gasteiger partial charge in [0, 0.05) is 15.8 Å². The molecule has 1 atom stereocenters. The monoisotopic (exact) mass is 516 g/mol. The molecule has 1 spiro atoms. The molecule has 0 amide bonds. The maximum Gasteiger partial charge on any atom is 0.136 e. The highest BCUT2D eigenvalue weighted by atomic mass is 35.5. The van der Waals surface area contributed by atoms with E-state index in [0.29, 0.717) is 0 Å². The van der Waals surface area contributed by atoms with Crippen LogP contribution in [-0.2, 0) is 5.41 Å². The molecule has 1 unspecified atom stereocenters. The second kappa shape index (κ2) is 7.50. The van der Waals surface area contributed by atoms with E-state index in [4.69, 9.17) is 16.0 Å². The second-order valence-corrected chi connectivity index (χ2v) is 11.0. The smallest absolute Gasteiger partial charge is 0.136 e. The number of furan rings is 1. The van der Waals surface area contributed by atoms with E-state index < -0.39 is 5.41 Å². The highest BCUT2D eigenvalue weighted by Gasteiger charge is 2.52. The largest absolute Gasteiger partial charge is 0.456 e. The Kier molecular flexibility index (Phi) is 4.11. The first-order chi connectivity index (χ1) is 19.2. The summed E-state index contributed by atoms with van der Waals surface area (Å²) in [5, 5.41) is 3.07. The Morgan fingerprint density at radius 2 is 1.23 bits per heavy atom. The molecule has 0 N–H and O–H groups in total. The van der Waals surface area contributed by atoms with Crippen molar-refractivity contribution < 1.29 is 4.42 Å². The zero-order chi connectivity index (χ0) is 25.7. The van der Waals surface area contributed by atoms with Crippen molar-refractivity contribution >= 4 is 33.5 Å². The maximum atomic E-state index is 6.78. The van der Waals surface area contributed by atoms with Crippen molar-refractivity contribution in [2.75, 3.05) is 0 Å². The lowest BCUT2D eigenvalue weighted by Gasteiger charge is -2.31. The fraction of sp³-hybridized carbons (Fsp3) is 0.0270. The number of para-hydroxylation sites is 1. The Labute approximate surface area is 230 Å². The van der Waals surface area contributed by atoms with E-state index in [1.54, 1.807) is 0 Å². The van der Waals surface area contributed by atoms with Crippen molar-refractivity contribution in [3.05, 3.63) is 155 Å². The number of rotatable bonds is 1. The van der Waals surface area contributed by atoms with Crippen molar-refractivity contribution in [1.82, 2.24) is 0 Å². The quantitative estimate of drug-likeness (QED) is 0.211. The van der Waals surface area contributed by atoms with E-state index in [2.05, 4.69) is 115 Å². The standard InChI is InChI=1S/C37H21ClO/c38-24-15-17-27-32(21-24)37(30-18-19-34-36(35(27)30)28-11-5-7-13-33(28)39-34)29-12-6-4-10-25(29)26-16-14-23(20-31(26)37)22-8-2-1-3-9-22/h1-21H. The average molecular weight is 517 g/mol. The molecule has 6 aromatic carbocycles. The minimum absolute atomic E-state index is 0.473. The van der Waals surface area contributed by atoms with Crippen LogP contribution in [0.2, 0.25) is 5.02 Å². The van der Waals surface area contributed by atoms with Gasteiger partial charge >= 0.3 is 0 Å². The lowest BCUT2D eigenvalue weighted by atomic mass is 9.70. The zero-order valence-electron chi connectivity index (χ0n) is 20.9. The van der Waals surface area contributed by atoms with E-state index >= 15 is 0 Å². The summed E-state index contributed by atoms with van der Waals surface area (Å²) >= 11 is 6.78. The summed E-state index contributed by atoms with van der Waals surface area (Å²) in [7, 11) is 0. The van der Waals surface area contributed by atoms with Crippen LogP contribution in [0.5, 0.6) is 0 Å². The molecule has 0 fully saturated rings. The lowest BCUT2D eigenvalue weighted by Crippen LogP contribution is -2.26. The van der Waals surface area contributed by atoms with Crippen molar-refractivity contribution in [3.63, 3.8) is 0 Å². The minimum atomic E-state index is -0.473. The predicted molar refractivity (Wildman–Crippen MR) is 160 cm³/mol. The Morgan fingerprint density at radius 3 is 2.15 bits per heavy atom. The van der Waals surface area contributed by atoms with Crippen LogP contribution in [-0.4, -0.2) is 0 Å². The first-order valence-corrected chi connectivity index (χ1v) is 13.7. The van der Waals surface area contributed by atoms with Crippen LogP contribution in [0.3, 0.4) is 0 Å². The van der Waals surface area contributed by atoms with Crippen LogP contribution < -0.4 is 0 Å². The molecule has 0 saturated heterocycles. The van der Waals surface area contributed by atoms with Crippen molar-refractivity contribution in [2.45, 2.75) is 5.41 Å². The van der Waals surface area contributed by atoms with Crippen LogP contribution >= 0.6 is 11.6 Å². The van der Waals surface area contributed by atoms with Crippen LogP contribution in [0.25, 0.3) is 55.3 Å². The van der Waals surface area contributed by atoms with Crippen LogP contribution in [0, 0.1) is 0 Å².